The lowest BCUT2D eigenvalue weighted by atomic mass is 11.3. The lowest BCUT2D eigenvalue weighted by Gasteiger charge is -0.890. The molecule has 24 valence electrons. The zero-order valence-corrected chi connectivity index (χ0v) is 2.62. The summed E-state index contributed by atoms with van der Waals surface area (Å²) < 4.78 is 0. The maximum Gasteiger partial charge on any atom is -0.0187 e. The van der Waals surface area contributed by atoms with Crippen LogP contribution in [0.5, 0.6) is 0 Å². The van der Waals surface area contributed by atoms with Gasteiger partial charge in [-0.2, -0.15) is 0 Å². The maximum absolute atomic E-state index is 5.50. The highest BCUT2D eigenvalue weighted by Gasteiger charge is 0.601. The van der Waals surface area contributed by atoms with Gasteiger partial charge in [0, 0.05) is 0 Å². The van der Waals surface area contributed by atoms with E-state index in [9.17, 15) is 0 Å². The van der Waals surface area contributed by atoms with E-state index in [1.165, 1.54) is 0 Å². The number of rotatable bonds is 0. The third-order valence-electron chi connectivity index (χ3n) is 0. The zero-order valence-electron chi connectivity index (χ0n) is 2.62. The summed E-state index contributed by atoms with van der Waals surface area (Å²) in [7, 11) is 0. The van der Waals surface area contributed by atoms with Crippen LogP contribution in [-0.2, 0) is 0 Å². The number of hydrogen-bond acceptors (Lipinski definition) is 1. The largest absolute Gasteiger partial charge is 0.317 e. The third-order valence-corrected chi connectivity index (χ3v) is 0. The minimum Gasteiger partial charge on any atom is -0.317 e. The second kappa shape index (κ2) is 13.8. The molecule has 0 saturated heterocycles. The quantitative estimate of drug-likeness (QED) is 0.317. The van der Waals surface area contributed by atoms with Crippen LogP contribution in [0.4, 0.5) is 0 Å². The van der Waals surface area contributed by atoms with Crippen molar-refractivity contribution in [1.29, 1.82) is 5.41 Å². The molecule has 4 heavy (non-hydrogen) atoms. The van der Waals surface area contributed by atoms with E-state index in [0.717, 1.165) is 0 Å². The summed E-state index contributed by atoms with van der Waals surface area (Å²) in [4.78, 5) is 0. The molecule has 0 saturated carbocycles. The zero-order chi connectivity index (χ0) is 4.00. The van der Waals surface area contributed by atoms with Crippen LogP contribution in [0.2, 0.25) is 0 Å². The van der Waals surface area contributed by atoms with Gasteiger partial charge < -0.3 is 5.41 Å². The predicted molar refractivity (Wildman–Crippen MR) is 21.1 cm³/mol. The number of nitrogens with one attached hydrogen (secondary N) is 1. The summed E-state index contributed by atoms with van der Waals surface area (Å²) in [6.07, 6.45) is 0. The van der Waals surface area contributed by atoms with Gasteiger partial charge in [0.25, 0.3) is 0 Å². The molecular weight excluding hydrogens is 50.0 g/mol. The lowest BCUT2D eigenvalue weighted by Crippen LogP contribution is -0.827. The van der Waals surface area contributed by atoms with Crippen molar-refractivity contribution in [3.05, 3.63) is 13.2 Å². The van der Waals surface area contributed by atoms with Crippen molar-refractivity contribution in [1.82, 2.24) is 0 Å². The molecule has 0 fully saturated rings. The standard InChI is InChI=1S/C2H4.CH3N/c2*1-2/h1-2H2;2H,1H2. The fraction of sp³-hybridized carbons (Fsp3) is 0. The van der Waals surface area contributed by atoms with Gasteiger partial charge in [0.2, 0.25) is 0 Å². The van der Waals surface area contributed by atoms with E-state index in [1.807, 2.05) is 0 Å². The van der Waals surface area contributed by atoms with Gasteiger partial charge in [0.15, 0.2) is 0 Å². The first-order chi connectivity index (χ1) is 2.00. The summed E-state index contributed by atoms with van der Waals surface area (Å²) in [5.41, 5.74) is 0. The Morgan fingerprint density at radius 3 is 1.00 bits per heavy atom. The Bertz CT molecular complexity index is 5.25. The molecule has 1 N–H and O–H groups in total. The fourth-order valence-electron chi connectivity index (χ4n) is 0. The maximum atomic E-state index is 5.50. The minimum atomic E-state index is 2.50. The Morgan fingerprint density at radius 2 is 1.00 bits per heavy atom. The van der Waals surface area contributed by atoms with Gasteiger partial charge in [-0.1, -0.05) is 0 Å². The molecule has 1 heteroatoms. The monoisotopic (exact) mass is 57.1 g/mol. The first-order valence-electron chi connectivity index (χ1n) is 0.854. The minimum absolute atomic E-state index is 2.50. The van der Waals surface area contributed by atoms with E-state index < -0.39 is 0 Å². The van der Waals surface area contributed by atoms with Crippen LogP contribution in [0.1, 0.15) is 0 Å². The topological polar surface area (TPSA) is 23.9 Å². The molecule has 0 heterocycles. The van der Waals surface area contributed by atoms with Crippen molar-refractivity contribution < 1.29 is 0 Å². The molecule has 1 nitrogen and oxygen atoms in total. The van der Waals surface area contributed by atoms with E-state index in [1.54, 1.807) is 0 Å². The Labute approximate surface area is 26.5 Å². The molecule has 0 aromatic rings. The van der Waals surface area contributed by atoms with Crippen LogP contribution >= 0.6 is 0 Å². The van der Waals surface area contributed by atoms with Gasteiger partial charge in [0.05, 0.1) is 0 Å². The van der Waals surface area contributed by atoms with Gasteiger partial charge in [-0.25, -0.2) is 0 Å². The van der Waals surface area contributed by atoms with Crippen LogP contribution in [-0.4, -0.2) is 6.72 Å². The predicted octanol–water partition coefficient (Wildman–Crippen LogP) is 1.07. The normalized spacial score (nSPS) is 2.00. The van der Waals surface area contributed by atoms with Crippen molar-refractivity contribution >= 4 is 6.72 Å². The van der Waals surface area contributed by atoms with Gasteiger partial charge in [0.1, 0.15) is 0 Å². The molecule has 0 bridgehead atoms. The molecule has 0 aromatic carbocycles. The number of hydrogen-bond donors (Lipinski definition) is 1. The van der Waals surface area contributed by atoms with Crippen molar-refractivity contribution in [3.8, 4) is 0 Å². The molecule has 0 aliphatic carbocycles. The summed E-state index contributed by atoms with van der Waals surface area (Å²) in [5, 5.41) is 5.50. The van der Waals surface area contributed by atoms with Crippen LogP contribution < -0.4 is 0 Å². The fourth-order valence-corrected chi connectivity index (χ4v) is 0. The molecule has 0 atom stereocenters. The first kappa shape index (κ1) is 9.96. The van der Waals surface area contributed by atoms with E-state index >= 15 is 0 Å². The highest BCUT2D eigenvalue weighted by molar-refractivity contribution is 5.15. The summed E-state index contributed by atoms with van der Waals surface area (Å²) in [5.74, 6) is 0. The van der Waals surface area contributed by atoms with Crippen molar-refractivity contribution in [2.24, 2.45) is 0 Å². The highest BCUT2D eigenvalue weighted by Crippen LogP contribution is 0.862. The summed E-state index contributed by atoms with van der Waals surface area (Å²) >= 11 is 0. The van der Waals surface area contributed by atoms with E-state index in [-0.39, 0.29) is 0 Å². The SMILES string of the molecule is C=C.C=N. The van der Waals surface area contributed by atoms with E-state index in [2.05, 4.69) is 19.9 Å². The highest BCUT2D eigenvalue weighted by atomic mass is 14.2. The Hall–Kier alpha value is -0.590. The first-order valence-corrected chi connectivity index (χ1v) is 0.854. The Balaban J connectivity index is 0. The second-order valence-corrected chi connectivity index (χ2v) is 0. The average molecular weight is 57.1 g/mol. The Morgan fingerprint density at radius 1 is 1.00 bits per heavy atom. The van der Waals surface area contributed by atoms with Crippen LogP contribution in [0.3, 0.4) is 0 Å². The second-order valence-electron chi connectivity index (χ2n) is 0. The van der Waals surface area contributed by atoms with Gasteiger partial charge in [-0.05, 0) is 6.72 Å². The lowest BCUT2D eigenvalue weighted by molar-refractivity contribution is 1.61. The molecule has 0 aliphatic rings. The van der Waals surface area contributed by atoms with Crippen LogP contribution in [0.15, 0.2) is 13.2 Å². The van der Waals surface area contributed by atoms with Gasteiger partial charge in [-0.15, -0.1) is 13.2 Å². The van der Waals surface area contributed by atoms with Crippen LogP contribution in [0, 0.1) is 5.41 Å². The van der Waals surface area contributed by atoms with Crippen LogP contribution in [0.25, 0.3) is 0 Å². The van der Waals surface area contributed by atoms with Gasteiger partial charge in [-0.3, -0.25) is 0 Å². The average Bonchev–Trinajstić information content (AvgIpc) is 1.50. The van der Waals surface area contributed by atoms with Crippen molar-refractivity contribution in [3.63, 3.8) is 0 Å². The third kappa shape index (κ3) is 0.681. The van der Waals surface area contributed by atoms with Crippen molar-refractivity contribution in [2.45, 2.75) is 0 Å². The molecule has 0 radical (unpaired) electrons. The molecule has 0 rings (SSSR count). The van der Waals surface area contributed by atoms with Crippen molar-refractivity contribution in [2.75, 3.05) is 0 Å². The smallest absolute Gasteiger partial charge is 0.0187 e. The molecule has 0 spiro atoms. The van der Waals surface area contributed by atoms with E-state index in [4.69, 9.17) is 5.41 Å². The summed E-state index contributed by atoms with van der Waals surface area (Å²) in [6.45, 7) is 8.50. The van der Waals surface area contributed by atoms with E-state index in [0.29, 0.717) is 0 Å². The molecular formula is C3H7N. The summed E-state index contributed by atoms with van der Waals surface area (Å²) in [6, 6.07) is 0. The Kier molecular flexibility index (Phi) is 34.3. The van der Waals surface area contributed by atoms with Gasteiger partial charge >= 0.3 is 0 Å². The molecule has 0 aromatic heterocycles. The molecule has 0 amide bonds. The molecule has 0 aliphatic heterocycles. The molecule has 0 unspecified atom stereocenters.